The van der Waals surface area contributed by atoms with Crippen molar-refractivity contribution in [3.05, 3.63) is 29.3 Å². The molecule has 0 atom stereocenters. The summed E-state index contributed by atoms with van der Waals surface area (Å²) in [6, 6.07) is 6.29. The van der Waals surface area contributed by atoms with Gasteiger partial charge < -0.3 is 9.79 Å². The number of benzene rings is 1. The second-order valence-corrected chi connectivity index (χ2v) is 13.0. The maximum absolute atomic E-state index is 9.79. The van der Waals surface area contributed by atoms with E-state index in [0.29, 0.717) is 0 Å². The van der Waals surface area contributed by atoms with Crippen LogP contribution in [0.5, 0.6) is 0 Å². The quantitative estimate of drug-likeness (QED) is 0.148. The largest absolute Gasteiger partial charge is 0.434 e. The Kier molecular flexibility index (Phi) is 12.4. The first-order chi connectivity index (χ1) is 12.0. The van der Waals surface area contributed by atoms with E-state index < -0.39 is 5.69 Å². The van der Waals surface area contributed by atoms with Gasteiger partial charge in [0.15, 0.2) is 0 Å². The Morgan fingerprint density at radius 3 is 1.96 bits per heavy atom. The lowest BCUT2D eigenvalue weighted by molar-refractivity contribution is 0.502. The van der Waals surface area contributed by atoms with Crippen LogP contribution in [0, 0.1) is 0 Å². The summed E-state index contributed by atoms with van der Waals surface area (Å²) < 4.78 is 0. The number of hydrogen-bond acceptors (Lipinski definition) is 0. The van der Waals surface area contributed by atoms with Crippen LogP contribution in [0.25, 0.3) is 0 Å². The molecule has 0 aliphatic carbocycles. The molecule has 1 rings (SSSR count). The minimum Gasteiger partial charge on any atom is -0.304 e. The van der Waals surface area contributed by atoms with Crippen molar-refractivity contribution in [3.8, 4) is 0 Å². The predicted octanol–water partition coefficient (Wildman–Crippen LogP) is 6.75. The van der Waals surface area contributed by atoms with Crippen LogP contribution in [-0.4, -0.2) is 9.79 Å². The standard InChI is InChI=1S/C20H36O2PS2/c1-3-5-7-9-11-14-18-15-13-17-20(25-23(21,22)24)19(18)16-12-10-8-6-4-2/h13,15,17,21-22,24H,3-12,14,16H2,1-2H3/q+1. The molecule has 0 unspecified atom stereocenters. The molecule has 0 radical (unpaired) electrons. The van der Waals surface area contributed by atoms with E-state index in [9.17, 15) is 9.79 Å². The van der Waals surface area contributed by atoms with Crippen LogP contribution in [0.1, 0.15) is 89.2 Å². The summed E-state index contributed by atoms with van der Waals surface area (Å²) in [5, 5.41) is 0. The van der Waals surface area contributed by atoms with Crippen molar-refractivity contribution in [2.75, 3.05) is 0 Å². The molecular weight excluding hydrogens is 367 g/mol. The molecule has 2 nitrogen and oxygen atoms in total. The zero-order valence-electron chi connectivity index (χ0n) is 15.9. The van der Waals surface area contributed by atoms with Crippen molar-refractivity contribution in [2.45, 2.75) is 95.8 Å². The number of hydrogen-bond donors (Lipinski definition) is 3. The highest BCUT2D eigenvalue weighted by atomic mass is 32.9. The van der Waals surface area contributed by atoms with Crippen LogP contribution in [0.4, 0.5) is 0 Å². The van der Waals surface area contributed by atoms with Gasteiger partial charge in [0.1, 0.15) is 0 Å². The van der Waals surface area contributed by atoms with Crippen molar-refractivity contribution < 1.29 is 9.79 Å². The summed E-state index contributed by atoms with van der Waals surface area (Å²) in [6.45, 7) is 4.48. The first-order valence-corrected chi connectivity index (χ1v) is 14.1. The fourth-order valence-electron chi connectivity index (χ4n) is 3.17. The molecule has 0 bridgehead atoms. The van der Waals surface area contributed by atoms with Crippen LogP contribution < -0.4 is 0 Å². The van der Waals surface area contributed by atoms with Crippen molar-refractivity contribution in [3.63, 3.8) is 0 Å². The van der Waals surface area contributed by atoms with Gasteiger partial charge in [0.05, 0.1) is 0 Å². The third kappa shape index (κ3) is 10.8. The van der Waals surface area contributed by atoms with Crippen LogP contribution in [0.15, 0.2) is 23.1 Å². The van der Waals surface area contributed by atoms with Crippen molar-refractivity contribution in [1.82, 2.24) is 0 Å². The van der Waals surface area contributed by atoms with Gasteiger partial charge in [-0.1, -0.05) is 77.3 Å². The molecule has 0 aliphatic heterocycles. The summed E-state index contributed by atoms with van der Waals surface area (Å²) in [5.74, 6) is 0. The molecule has 0 aliphatic rings. The smallest absolute Gasteiger partial charge is 0.304 e. The lowest BCUT2D eigenvalue weighted by Crippen LogP contribution is -1.99. The maximum Gasteiger partial charge on any atom is 0.434 e. The lowest BCUT2D eigenvalue weighted by atomic mass is 9.96. The zero-order chi connectivity index (χ0) is 18.5. The Balaban J connectivity index is 2.80. The molecule has 144 valence electrons. The summed E-state index contributed by atoms with van der Waals surface area (Å²) >= 11 is 3.98. The van der Waals surface area contributed by atoms with Crippen molar-refractivity contribution >= 4 is 28.9 Å². The van der Waals surface area contributed by atoms with Gasteiger partial charge in [-0.2, -0.15) is 0 Å². The highest BCUT2D eigenvalue weighted by molar-refractivity contribution is 8.62. The van der Waals surface area contributed by atoms with E-state index in [1.54, 1.807) is 0 Å². The van der Waals surface area contributed by atoms with Crippen LogP contribution in [0.3, 0.4) is 0 Å². The summed E-state index contributed by atoms with van der Waals surface area (Å²) in [5.41, 5.74) is -0.456. The fourth-order valence-corrected chi connectivity index (χ4v) is 6.01. The first kappa shape index (κ1) is 23.2. The van der Waals surface area contributed by atoms with Gasteiger partial charge in [0, 0.05) is 11.6 Å². The summed E-state index contributed by atoms with van der Waals surface area (Å²) in [7, 11) is 1.14. The topological polar surface area (TPSA) is 40.5 Å². The van der Waals surface area contributed by atoms with E-state index >= 15 is 0 Å². The Morgan fingerprint density at radius 1 is 0.840 bits per heavy atom. The van der Waals surface area contributed by atoms with Gasteiger partial charge in [-0.05, 0) is 43.5 Å². The SMILES string of the molecule is CCCCCCCc1cccc([S+]=P(O)(O)S)c1CCCCCCC. The second-order valence-electron chi connectivity index (χ2n) is 6.83. The normalized spacial score (nSPS) is 11.7. The van der Waals surface area contributed by atoms with Gasteiger partial charge in [0.2, 0.25) is 4.90 Å². The Morgan fingerprint density at radius 2 is 1.40 bits per heavy atom. The maximum atomic E-state index is 9.79. The third-order valence-electron chi connectivity index (χ3n) is 4.53. The van der Waals surface area contributed by atoms with Gasteiger partial charge >= 0.3 is 5.69 Å². The zero-order valence-corrected chi connectivity index (χ0v) is 18.5. The number of unbranched alkanes of at least 4 members (excludes halogenated alkanes) is 8. The average molecular weight is 404 g/mol. The van der Waals surface area contributed by atoms with Crippen LogP contribution in [-0.2, 0) is 23.8 Å². The van der Waals surface area contributed by atoms with E-state index in [2.05, 4.69) is 32.2 Å². The third-order valence-corrected chi connectivity index (χ3v) is 7.41. The number of aryl methyl sites for hydroxylation is 1. The Labute approximate surface area is 163 Å². The molecule has 0 aromatic heterocycles. The van der Waals surface area contributed by atoms with E-state index in [1.165, 1.54) is 75.3 Å². The van der Waals surface area contributed by atoms with E-state index in [-0.39, 0.29) is 0 Å². The Hall–Kier alpha value is 0.140. The van der Waals surface area contributed by atoms with Crippen molar-refractivity contribution in [2.24, 2.45) is 0 Å². The van der Waals surface area contributed by atoms with Gasteiger partial charge in [-0.25, -0.2) is 0 Å². The van der Waals surface area contributed by atoms with Crippen molar-refractivity contribution in [1.29, 1.82) is 0 Å². The lowest BCUT2D eigenvalue weighted by Gasteiger charge is -2.09. The molecule has 2 N–H and O–H groups in total. The van der Waals surface area contributed by atoms with E-state index in [1.807, 2.05) is 12.1 Å². The van der Waals surface area contributed by atoms with Gasteiger partial charge in [-0.3, -0.25) is 0 Å². The van der Waals surface area contributed by atoms with E-state index in [4.69, 9.17) is 0 Å². The summed E-state index contributed by atoms with van der Waals surface area (Å²) in [6.07, 6.45) is 14.8. The highest BCUT2D eigenvalue weighted by Gasteiger charge is 2.23. The molecule has 0 fully saturated rings. The number of thiol groups is 1. The number of rotatable bonds is 13. The monoisotopic (exact) mass is 403 g/mol. The van der Waals surface area contributed by atoms with Crippen LogP contribution in [0.2, 0.25) is 0 Å². The minimum atomic E-state index is -3.16. The molecule has 0 amide bonds. The molecule has 0 saturated carbocycles. The molecule has 0 heterocycles. The minimum absolute atomic E-state index is 1.01. The van der Waals surface area contributed by atoms with Crippen LogP contribution >= 0.6 is 17.9 Å². The molecule has 5 heteroatoms. The molecular formula is C20H36O2PS2+. The molecule has 0 spiro atoms. The van der Waals surface area contributed by atoms with Gasteiger partial charge in [0.25, 0.3) is 10.9 Å². The summed E-state index contributed by atoms with van der Waals surface area (Å²) in [4.78, 5) is 20.6. The molecule has 0 saturated heterocycles. The van der Waals surface area contributed by atoms with E-state index in [0.717, 1.165) is 28.7 Å². The Bertz CT molecular complexity index is 532. The highest BCUT2D eigenvalue weighted by Crippen LogP contribution is 2.45. The predicted molar refractivity (Wildman–Crippen MR) is 117 cm³/mol. The average Bonchev–Trinajstić information content (AvgIpc) is 2.55. The van der Waals surface area contributed by atoms with Gasteiger partial charge in [-0.15, -0.1) is 0 Å². The molecule has 1 aromatic rings. The molecule has 1 aromatic carbocycles. The second kappa shape index (κ2) is 13.3. The molecule has 25 heavy (non-hydrogen) atoms. The fraction of sp³-hybridized carbons (Fsp3) is 0.700. The first-order valence-electron chi connectivity index (χ1n) is 9.85.